The van der Waals surface area contributed by atoms with Crippen molar-refractivity contribution in [3.05, 3.63) is 35.3 Å². The average molecular weight is 299 g/mol. The molecule has 0 spiro atoms. The molecule has 22 heavy (non-hydrogen) atoms. The molecule has 0 bridgehead atoms. The van der Waals surface area contributed by atoms with Gasteiger partial charge in [0.1, 0.15) is 5.82 Å². The number of hydrogen-bond acceptors (Lipinski definition) is 4. The van der Waals surface area contributed by atoms with Crippen LogP contribution in [-0.4, -0.2) is 27.8 Å². The highest BCUT2D eigenvalue weighted by Gasteiger charge is 2.21. The summed E-state index contributed by atoms with van der Waals surface area (Å²) in [4.78, 5) is 7.16. The smallest absolute Gasteiger partial charge is 0.131 e. The van der Waals surface area contributed by atoms with Crippen LogP contribution in [0.25, 0.3) is 0 Å². The van der Waals surface area contributed by atoms with Crippen LogP contribution in [0, 0.1) is 13.8 Å². The number of rotatable bonds is 4. The SMILES string of the molecule is Cc1cc(NCc2[nH]ncc2C)cnc1N1CCCCC1C. The standard InChI is InChI=1S/C17H25N5/c1-12-8-15(18-11-16-13(2)9-20-21-16)10-19-17(12)22-7-5-4-6-14(22)3/h8-10,14,18H,4-7,11H2,1-3H3,(H,20,21). The van der Waals surface area contributed by atoms with Crippen LogP contribution in [0.3, 0.4) is 0 Å². The number of anilines is 2. The maximum absolute atomic E-state index is 4.71. The Kier molecular flexibility index (Phi) is 4.32. The van der Waals surface area contributed by atoms with E-state index in [-0.39, 0.29) is 0 Å². The molecule has 3 heterocycles. The molecule has 5 heteroatoms. The predicted molar refractivity (Wildman–Crippen MR) is 90.3 cm³/mol. The van der Waals surface area contributed by atoms with E-state index < -0.39 is 0 Å². The first-order chi connectivity index (χ1) is 10.6. The summed E-state index contributed by atoms with van der Waals surface area (Å²) in [6, 6.07) is 2.78. The fourth-order valence-electron chi connectivity index (χ4n) is 3.12. The second-order valence-electron chi connectivity index (χ2n) is 6.29. The lowest BCUT2D eigenvalue weighted by atomic mass is 10.0. The first kappa shape index (κ1) is 14.9. The Hall–Kier alpha value is -2.04. The lowest BCUT2D eigenvalue weighted by molar-refractivity contribution is 0.480. The molecule has 0 aromatic carbocycles. The molecular weight excluding hydrogens is 274 g/mol. The van der Waals surface area contributed by atoms with Gasteiger partial charge in [0.05, 0.1) is 30.3 Å². The Balaban J connectivity index is 1.70. The number of piperidine rings is 1. The second-order valence-corrected chi connectivity index (χ2v) is 6.29. The van der Waals surface area contributed by atoms with Crippen LogP contribution in [0.5, 0.6) is 0 Å². The van der Waals surface area contributed by atoms with Gasteiger partial charge in [-0.15, -0.1) is 0 Å². The molecule has 118 valence electrons. The third-order valence-electron chi connectivity index (χ3n) is 4.53. The molecule has 2 aromatic rings. The number of H-pyrrole nitrogens is 1. The summed E-state index contributed by atoms with van der Waals surface area (Å²) in [5, 5.41) is 10.5. The van der Waals surface area contributed by atoms with Gasteiger partial charge < -0.3 is 10.2 Å². The molecule has 5 nitrogen and oxygen atoms in total. The van der Waals surface area contributed by atoms with E-state index in [0.717, 1.165) is 30.3 Å². The first-order valence-corrected chi connectivity index (χ1v) is 8.11. The molecule has 0 saturated carbocycles. The van der Waals surface area contributed by atoms with Crippen molar-refractivity contribution < 1.29 is 0 Å². The molecule has 1 saturated heterocycles. The second kappa shape index (κ2) is 6.38. The summed E-state index contributed by atoms with van der Waals surface area (Å²) in [5.41, 5.74) is 4.59. The highest BCUT2D eigenvalue weighted by molar-refractivity contribution is 5.55. The summed E-state index contributed by atoms with van der Waals surface area (Å²) < 4.78 is 0. The third kappa shape index (κ3) is 3.08. The molecular formula is C17H25N5. The molecule has 1 aliphatic rings. The highest BCUT2D eigenvalue weighted by atomic mass is 15.2. The van der Waals surface area contributed by atoms with Gasteiger partial charge in [0.15, 0.2) is 0 Å². The van der Waals surface area contributed by atoms with E-state index in [9.17, 15) is 0 Å². The Labute approximate surface area is 132 Å². The Morgan fingerprint density at radius 2 is 2.14 bits per heavy atom. The lowest BCUT2D eigenvalue weighted by Crippen LogP contribution is -2.38. The summed E-state index contributed by atoms with van der Waals surface area (Å²) in [6.07, 6.45) is 7.65. The quantitative estimate of drug-likeness (QED) is 0.908. The van der Waals surface area contributed by atoms with Gasteiger partial charge in [0.25, 0.3) is 0 Å². The third-order valence-corrected chi connectivity index (χ3v) is 4.53. The lowest BCUT2D eigenvalue weighted by Gasteiger charge is -2.35. The van der Waals surface area contributed by atoms with Crippen molar-refractivity contribution >= 4 is 11.5 Å². The van der Waals surface area contributed by atoms with Gasteiger partial charge in [-0.3, -0.25) is 5.10 Å². The fourth-order valence-corrected chi connectivity index (χ4v) is 3.12. The number of pyridine rings is 1. The van der Waals surface area contributed by atoms with Crippen LogP contribution in [0.15, 0.2) is 18.5 Å². The van der Waals surface area contributed by atoms with Crippen LogP contribution < -0.4 is 10.2 Å². The van der Waals surface area contributed by atoms with Crippen molar-refractivity contribution in [2.24, 2.45) is 0 Å². The zero-order valence-electron chi connectivity index (χ0n) is 13.7. The number of aromatic amines is 1. The van der Waals surface area contributed by atoms with Gasteiger partial charge in [-0.2, -0.15) is 5.10 Å². The zero-order chi connectivity index (χ0) is 15.5. The molecule has 0 amide bonds. The number of nitrogens with one attached hydrogen (secondary N) is 2. The van der Waals surface area contributed by atoms with Crippen molar-refractivity contribution in [1.29, 1.82) is 0 Å². The van der Waals surface area contributed by atoms with Gasteiger partial charge in [0.2, 0.25) is 0 Å². The van der Waals surface area contributed by atoms with Gasteiger partial charge in [-0.1, -0.05) is 0 Å². The zero-order valence-corrected chi connectivity index (χ0v) is 13.7. The summed E-state index contributed by atoms with van der Waals surface area (Å²) in [5.74, 6) is 1.13. The minimum atomic E-state index is 0.589. The van der Waals surface area contributed by atoms with Crippen molar-refractivity contribution in [1.82, 2.24) is 15.2 Å². The van der Waals surface area contributed by atoms with Gasteiger partial charge >= 0.3 is 0 Å². The van der Waals surface area contributed by atoms with E-state index in [2.05, 4.69) is 47.3 Å². The van der Waals surface area contributed by atoms with E-state index in [4.69, 9.17) is 4.98 Å². The van der Waals surface area contributed by atoms with Gasteiger partial charge in [-0.05, 0) is 57.2 Å². The van der Waals surface area contributed by atoms with Crippen molar-refractivity contribution in [3.8, 4) is 0 Å². The highest BCUT2D eigenvalue weighted by Crippen LogP contribution is 2.27. The van der Waals surface area contributed by atoms with E-state index in [1.165, 1.54) is 30.4 Å². The van der Waals surface area contributed by atoms with Crippen molar-refractivity contribution in [2.45, 2.75) is 52.6 Å². The van der Waals surface area contributed by atoms with Gasteiger partial charge in [-0.25, -0.2) is 4.98 Å². The Morgan fingerprint density at radius 3 is 2.82 bits per heavy atom. The number of aromatic nitrogens is 3. The molecule has 1 atom stereocenters. The van der Waals surface area contributed by atoms with Crippen molar-refractivity contribution in [3.63, 3.8) is 0 Å². The minimum absolute atomic E-state index is 0.589. The predicted octanol–water partition coefficient (Wildman–Crippen LogP) is 3.41. The Bertz CT molecular complexity index is 634. The van der Waals surface area contributed by atoms with E-state index in [1.807, 2.05) is 12.4 Å². The molecule has 2 aromatic heterocycles. The molecule has 1 aliphatic heterocycles. The molecule has 0 radical (unpaired) electrons. The average Bonchev–Trinajstić information content (AvgIpc) is 2.92. The number of hydrogen-bond donors (Lipinski definition) is 2. The van der Waals surface area contributed by atoms with Crippen LogP contribution >= 0.6 is 0 Å². The molecule has 3 rings (SSSR count). The van der Waals surface area contributed by atoms with E-state index in [1.54, 1.807) is 0 Å². The van der Waals surface area contributed by atoms with Gasteiger partial charge in [0, 0.05) is 12.6 Å². The van der Waals surface area contributed by atoms with E-state index >= 15 is 0 Å². The summed E-state index contributed by atoms with van der Waals surface area (Å²) in [7, 11) is 0. The van der Waals surface area contributed by atoms with E-state index in [0.29, 0.717) is 6.04 Å². The monoisotopic (exact) mass is 299 g/mol. The Morgan fingerprint density at radius 1 is 1.27 bits per heavy atom. The largest absolute Gasteiger partial charge is 0.378 e. The topological polar surface area (TPSA) is 56.8 Å². The molecule has 2 N–H and O–H groups in total. The minimum Gasteiger partial charge on any atom is -0.378 e. The maximum Gasteiger partial charge on any atom is 0.131 e. The maximum atomic E-state index is 4.71. The molecule has 1 fully saturated rings. The normalized spacial score (nSPS) is 18.5. The number of aryl methyl sites for hydroxylation is 2. The van der Waals surface area contributed by atoms with Crippen LogP contribution in [0.2, 0.25) is 0 Å². The fraction of sp³-hybridized carbons (Fsp3) is 0.529. The molecule has 0 aliphatic carbocycles. The summed E-state index contributed by atoms with van der Waals surface area (Å²) >= 11 is 0. The first-order valence-electron chi connectivity index (χ1n) is 8.11. The summed E-state index contributed by atoms with van der Waals surface area (Å²) in [6.45, 7) is 8.37. The van der Waals surface area contributed by atoms with Crippen LogP contribution in [0.4, 0.5) is 11.5 Å². The molecule has 1 unspecified atom stereocenters. The van der Waals surface area contributed by atoms with Crippen LogP contribution in [0.1, 0.15) is 43.0 Å². The number of nitrogens with zero attached hydrogens (tertiary/aromatic N) is 3. The van der Waals surface area contributed by atoms with Crippen LogP contribution in [-0.2, 0) is 6.54 Å². The van der Waals surface area contributed by atoms with Crippen molar-refractivity contribution in [2.75, 3.05) is 16.8 Å².